The normalized spacial score (nSPS) is 16.2. The monoisotopic (exact) mass is 361 g/mol. The number of thiazole rings is 1. The molecule has 2 aromatic rings. The fourth-order valence-corrected chi connectivity index (χ4v) is 4.52. The van der Waals surface area contributed by atoms with E-state index in [9.17, 15) is 4.79 Å². The van der Waals surface area contributed by atoms with Crippen LogP contribution in [-0.4, -0.2) is 53.9 Å². The van der Waals surface area contributed by atoms with Gasteiger partial charge in [0.2, 0.25) is 0 Å². The average molecular weight is 362 g/mol. The number of hydrogen-bond donors (Lipinski definition) is 0. The second-order valence-corrected chi connectivity index (χ2v) is 8.27. The minimum atomic E-state index is 0.153. The number of aromatic nitrogens is 1. The summed E-state index contributed by atoms with van der Waals surface area (Å²) in [7, 11) is 2.12. The molecule has 3 rings (SSSR count). The third kappa shape index (κ3) is 4.59. The Labute approximate surface area is 151 Å². The standard InChI is InChI=1S/C18H23N3OS2/c1-14-12-23-18(19-14)24-13-15-4-6-16(7-5-15)17(22)21-9-3-8-20(2)10-11-21/h4-7,12H,3,8-11,13H2,1-2H3. The number of thioether (sulfide) groups is 1. The zero-order chi connectivity index (χ0) is 16.9. The van der Waals surface area contributed by atoms with E-state index in [1.807, 2.05) is 24.0 Å². The molecular weight excluding hydrogens is 338 g/mol. The summed E-state index contributed by atoms with van der Waals surface area (Å²) in [4.78, 5) is 21.4. The molecule has 6 heteroatoms. The number of nitrogens with zero attached hydrogens (tertiary/aromatic N) is 3. The van der Waals surface area contributed by atoms with Gasteiger partial charge in [0.1, 0.15) is 4.34 Å². The summed E-state index contributed by atoms with van der Waals surface area (Å²) in [6.07, 6.45) is 1.05. The Morgan fingerprint density at radius 1 is 1.21 bits per heavy atom. The number of benzene rings is 1. The summed E-state index contributed by atoms with van der Waals surface area (Å²) in [5.74, 6) is 1.04. The van der Waals surface area contributed by atoms with Crippen molar-refractivity contribution in [2.45, 2.75) is 23.4 Å². The van der Waals surface area contributed by atoms with E-state index in [0.29, 0.717) is 0 Å². The number of aryl methyl sites for hydroxylation is 1. The van der Waals surface area contributed by atoms with Gasteiger partial charge in [0.05, 0.1) is 0 Å². The first-order valence-electron chi connectivity index (χ1n) is 8.23. The Morgan fingerprint density at radius 2 is 2.00 bits per heavy atom. The topological polar surface area (TPSA) is 36.4 Å². The molecule has 0 spiro atoms. The maximum atomic E-state index is 12.6. The molecular formula is C18H23N3OS2. The first-order valence-corrected chi connectivity index (χ1v) is 10.1. The maximum Gasteiger partial charge on any atom is 0.253 e. The lowest BCUT2D eigenvalue weighted by Gasteiger charge is -2.20. The van der Waals surface area contributed by atoms with E-state index < -0.39 is 0 Å². The number of amides is 1. The molecule has 0 N–H and O–H groups in total. The van der Waals surface area contributed by atoms with Crippen LogP contribution in [0.3, 0.4) is 0 Å². The predicted molar refractivity (Wildman–Crippen MR) is 101 cm³/mol. The van der Waals surface area contributed by atoms with Crippen molar-refractivity contribution in [3.05, 3.63) is 46.5 Å². The van der Waals surface area contributed by atoms with Crippen LogP contribution >= 0.6 is 23.1 Å². The zero-order valence-corrected chi connectivity index (χ0v) is 15.8. The van der Waals surface area contributed by atoms with Crippen molar-refractivity contribution in [2.24, 2.45) is 0 Å². The van der Waals surface area contributed by atoms with E-state index in [4.69, 9.17) is 0 Å². The highest BCUT2D eigenvalue weighted by Gasteiger charge is 2.18. The molecule has 128 valence electrons. The van der Waals surface area contributed by atoms with Crippen LogP contribution in [0.2, 0.25) is 0 Å². The first-order chi connectivity index (χ1) is 11.6. The summed E-state index contributed by atoms with van der Waals surface area (Å²) < 4.78 is 1.10. The summed E-state index contributed by atoms with van der Waals surface area (Å²) in [6.45, 7) is 5.70. The predicted octanol–water partition coefficient (Wildman–Crippen LogP) is 3.52. The van der Waals surface area contributed by atoms with E-state index >= 15 is 0 Å². The lowest BCUT2D eigenvalue weighted by atomic mass is 10.1. The molecule has 4 nitrogen and oxygen atoms in total. The van der Waals surface area contributed by atoms with Crippen LogP contribution in [0.4, 0.5) is 0 Å². The highest BCUT2D eigenvalue weighted by atomic mass is 32.2. The number of rotatable bonds is 4. The smallest absolute Gasteiger partial charge is 0.253 e. The number of likely N-dealkylation sites (N-methyl/N-ethyl adjacent to an activating group) is 1. The lowest BCUT2D eigenvalue weighted by molar-refractivity contribution is 0.0763. The van der Waals surface area contributed by atoms with Crippen LogP contribution in [0.1, 0.15) is 28.0 Å². The van der Waals surface area contributed by atoms with E-state index in [2.05, 4.69) is 34.4 Å². The van der Waals surface area contributed by atoms with Crippen LogP contribution in [0.25, 0.3) is 0 Å². The van der Waals surface area contributed by atoms with Crippen molar-refractivity contribution >= 4 is 29.0 Å². The third-order valence-electron chi connectivity index (χ3n) is 4.17. The van der Waals surface area contributed by atoms with Gasteiger partial charge in [0.25, 0.3) is 5.91 Å². The Bertz CT molecular complexity index is 684. The fraction of sp³-hybridized carbons (Fsp3) is 0.444. The van der Waals surface area contributed by atoms with Gasteiger partial charge in [-0.15, -0.1) is 11.3 Å². The van der Waals surface area contributed by atoms with Crippen molar-refractivity contribution < 1.29 is 4.79 Å². The minimum absolute atomic E-state index is 0.153. The molecule has 0 aliphatic carbocycles. The fourth-order valence-electron chi connectivity index (χ4n) is 2.72. The van der Waals surface area contributed by atoms with Gasteiger partial charge in [-0.1, -0.05) is 23.9 Å². The Morgan fingerprint density at radius 3 is 2.71 bits per heavy atom. The molecule has 1 aliphatic heterocycles. The first kappa shape index (κ1) is 17.5. The van der Waals surface area contributed by atoms with E-state index in [0.717, 1.165) is 53.9 Å². The average Bonchev–Trinajstić information content (AvgIpc) is 2.88. The van der Waals surface area contributed by atoms with E-state index in [1.54, 1.807) is 23.1 Å². The highest BCUT2D eigenvalue weighted by Crippen LogP contribution is 2.26. The van der Waals surface area contributed by atoms with Gasteiger partial charge in [0, 0.05) is 42.0 Å². The molecule has 1 aromatic heterocycles. The van der Waals surface area contributed by atoms with Crippen molar-refractivity contribution in [3.8, 4) is 0 Å². The minimum Gasteiger partial charge on any atom is -0.337 e. The second-order valence-electron chi connectivity index (χ2n) is 6.19. The molecule has 2 heterocycles. The molecule has 1 aromatic carbocycles. The Balaban J connectivity index is 1.58. The van der Waals surface area contributed by atoms with Crippen LogP contribution in [-0.2, 0) is 5.75 Å². The molecule has 0 unspecified atom stereocenters. The molecule has 1 fully saturated rings. The van der Waals surface area contributed by atoms with Crippen LogP contribution in [0.5, 0.6) is 0 Å². The van der Waals surface area contributed by atoms with Crippen molar-refractivity contribution in [3.63, 3.8) is 0 Å². The highest BCUT2D eigenvalue weighted by molar-refractivity contribution is 8.00. The van der Waals surface area contributed by atoms with Crippen LogP contribution < -0.4 is 0 Å². The molecule has 1 aliphatic rings. The van der Waals surface area contributed by atoms with Gasteiger partial charge in [-0.25, -0.2) is 4.98 Å². The molecule has 0 saturated carbocycles. The van der Waals surface area contributed by atoms with Gasteiger partial charge in [-0.3, -0.25) is 4.79 Å². The van der Waals surface area contributed by atoms with Crippen LogP contribution in [0, 0.1) is 6.92 Å². The van der Waals surface area contributed by atoms with Crippen LogP contribution in [0.15, 0.2) is 34.0 Å². The van der Waals surface area contributed by atoms with E-state index in [-0.39, 0.29) is 5.91 Å². The van der Waals surface area contributed by atoms with Gasteiger partial charge in [-0.2, -0.15) is 0 Å². The summed E-state index contributed by atoms with van der Waals surface area (Å²) >= 11 is 3.43. The quantitative estimate of drug-likeness (QED) is 0.781. The zero-order valence-electron chi connectivity index (χ0n) is 14.2. The molecule has 0 atom stereocenters. The lowest BCUT2D eigenvalue weighted by Crippen LogP contribution is -2.34. The van der Waals surface area contributed by atoms with Crippen molar-refractivity contribution in [1.29, 1.82) is 0 Å². The molecule has 0 bridgehead atoms. The molecule has 1 amide bonds. The summed E-state index contributed by atoms with van der Waals surface area (Å²) in [5, 5.41) is 2.07. The Kier molecular flexibility index (Phi) is 5.92. The largest absolute Gasteiger partial charge is 0.337 e. The van der Waals surface area contributed by atoms with Gasteiger partial charge in [-0.05, 0) is 44.6 Å². The van der Waals surface area contributed by atoms with Crippen molar-refractivity contribution in [2.75, 3.05) is 33.2 Å². The SMILES string of the molecule is Cc1csc(SCc2ccc(C(=O)N3CCCN(C)CC3)cc2)n1. The number of carbonyl (C=O) groups excluding carboxylic acids is 1. The molecule has 24 heavy (non-hydrogen) atoms. The Hall–Kier alpha value is -1.37. The van der Waals surface area contributed by atoms with Crippen molar-refractivity contribution in [1.82, 2.24) is 14.8 Å². The summed E-state index contributed by atoms with van der Waals surface area (Å²) in [6, 6.07) is 8.04. The van der Waals surface area contributed by atoms with Gasteiger partial charge < -0.3 is 9.80 Å². The molecule has 1 saturated heterocycles. The van der Waals surface area contributed by atoms with Gasteiger partial charge in [0.15, 0.2) is 0 Å². The number of hydrogen-bond acceptors (Lipinski definition) is 5. The van der Waals surface area contributed by atoms with Gasteiger partial charge >= 0.3 is 0 Å². The summed E-state index contributed by atoms with van der Waals surface area (Å²) in [5.41, 5.74) is 3.09. The third-order valence-corrected chi connectivity index (χ3v) is 6.38. The number of carbonyl (C=O) groups is 1. The molecule has 0 radical (unpaired) electrons. The maximum absolute atomic E-state index is 12.6. The van der Waals surface area contributed by atoms with E-state index in [1.165, 1.54) is 5.56 Å². The second kappa shape index (κ2) is 8.14.